The predicted molar refractivity (Wildman–Crippen MR) is 54.5 cm³/mol. The number of quaternary nitrogens is 1. The van der Waals surface area contributed by atoms with Gasteiger partial charge in [0.2, 0.25) is 0 Å². The van der Waals surface area contributed by atoms with E-state index in [0.29, 0.717) is 18.8 Å². The van der Waals surface area contributed by atoms with Crippen LogP contribution in [0.1, 0.15) is 19.8 Å². The molecule has 3 heteroatoms. The van der Waals surface area contributed by atoms with E-state index in [1.807, 2.05) is 6.92 Å². The van der Waals surface area contributed by atoms with Gasteiger partial charge in [0.25, 0.3) is 0 Å². The maximum atomic E-state index is 9.05. The first-order valence-corrected chi connectivity index (χ1v) is 4.76. The molecule has 0 unspecified atom stereocenters. The number of aliphatic hydroxyl groups excluding tert-OH is 1. The molecule has 3 nitrogen and oxygen atoms in total. The first-order valence-electron chi connectivity index (χ1n) is 4.76. The smallest absolute Gasteiger partial charge is 0.126 e. The van der Waals surface area contributed by atoms with Crippen LogP contribution in [0.25, 0.3) is 0 Å². The van der Waals surface area contributed by atoms with E-state index in [0.717, 1.165) is 17.4 Å². The van der Waals surface area contributed by atoms with Crippen molar-refractivity contribution in [2.24, 2.45) is 0 Å². The molecule has 13 heavy (non-hydrogen) atoms. The second-order valence-electron chi connectivity index (χ2n) is 4.20. The molecule has 0 bridgehead atoms. The van der Waals surface area contributed by atoms with Gasteiger partial charge in [0.15, 0.2) is 0 Å². The molecular weight excluding hydrogens is 166 g/mol. The number of aliphatic hydroxyl groups is 1. The Morgan fingerprint density at radius 3 is 2.46 bits per heavy atom. The van der Waals surface area contributed by atoms with E-state index in [9.17, 15) is 0 Å². The van der Waals surface area contributed by atoms with E-state index in [1.165, 1.54) is 6.26 Å². The monoisotopic (exact) mass is 188 g/mol. The van der Waals surface area contributed by atoms with Crippen molar-refractivity contribution >= 4 is 0 Å². The molecule has 0 atom stereocenters. The zero-order chi connectivity index (χ0) is 10.3. The standard InChI is InChI=1S/C10H21NO2/c1-5-10(12)9-13-8-6-7-11(2,3)4/h9H,5-8H2,1-4H3/p+1. The van der Waals surface area contributed by atoms with Crippen molar-refractivity contribution in [1.29, 1.82) is 0 Å². The van der Waals surface area contributed by atoms with Gasteiger partial charge in [-0.2, -0.15) is 0 Å². The Hall–Kier alpha value is -0.700. The number of rotatable bonds is 6. The van der Waals surface area contributed by atoms with Gasteiger partial charge in [-0.15, -0.1) is 0 Å². The molecule has 0 aliphatic rings. The molecule has 0 saturated carbocycles. The van der Waals surface area contributed by atoms with Crippen molar-refractivity contribution < 1.29 is 14.3 Å². The number of hydrogen-bond donors (Lipinski definition) is 1. The highest BCUT2D eigenvalue weighted by molar-refractivity contribution is 4.81. The Kier molecular flexibility index (Phi) is 5.55. The first-order chi connectivity index (χ1) is 5.95. The fourth-order valence-electron chi connectivity index (χ4n) is 0.861. The highest BCUT2D eigenvalue weighted by atomic mass is 16.5. The van der Waals surface area contributed by atoms with Gasteiger partial charge in [-0.3, -0.25) is 0 Å². The third-order valence-electron chi connectivity index (χ3n) is 1.67. The van der Waals surface area contributed by atoms with Crippen LogP contribution in [0.4, 0.5) is 0 Å². The zero-order valence-electron chi connectivity index (χ0n) is 9.21. The summed E-state index contributed by atoms with van der Waals surface area (Å²) in [6.07, 6.45) is 3.09. The Morgan fingerprint density at radius 1 is 1.38 bits per heavy atom. The van der Waals surface area contributed by atoms with Gasteiger partial charge < -0.3 is 14.3 Å². The molecule has 0 amide bonds. The van der Waals surface area contributed by atoms with Crippen LogP contribution in [0.3, 0.4) is 0 Å². The van der Waals surface area contributed by atoms with Crippen molar-refractivity contribution in [2.75, 3.05) is 34.3 Å². The lowest BCUT2D eigenvalue weighted by atomic mass is 10.4. The average Bonchev–Trinajstić information content (AvgIpc) is 2.01. The normalized spacial score (nSPS) is 13.1. The van der Waals surface area contributed by atoms with Crippen LogP contribution in [0.15, 0.2) is 12.0 Å². The van der Waals surface area contributed by atoms with E-state index >= 15 is 0 Å². The summed E-state index contributed by atoms with van der Waals surface area (Å²) in [7, 11) is 6.46. The molecule has 0 aromatic rings. The lowest BCUT2D eigenvalue weighted by Crippen LogP contribution is -2.35. The van der Waals surface area contributed by atoms with Gasteiger partial charge in [0.05, 0.1) is 34.3 Å². The highest BCUT2D eigenvalue weighted by Crippen LogP contribution is 1.97. The summed E-state index contributed by atoms with van der Waals surface area (Å²) in [5.74, 6) is 0.310. The summed E-state index contributed by atoms with van der Waals surface area (Å²) < 4.78 is 6.11. The van der Waals surface area contributed by atoms with E-state index in [4.69, 9.17) is 9.84 Å². The zero-order valence-corrected chi connectivity index (χ0v) is 9.21. The van der Waals surface area contributed by atoms with Crippen molar-refractivity contribution in [1.82, 2.24) is 0 Å². The maximum Gasteiger partial charge on any atom is 0.126 e. The topological polar surface area (TPSA) is 29.5 Å². The molecule has 0 radical (unpaired) electrons. The van der Waals surface area contributed by atoms with E-state index < -0.39 is 0 Å². The molecule has 78 valence electrons. The van der Waals surface area contributed by atoms with Gasteiger partial charge in [0.1, 0.15) is 12.0 Å². The Labute approximate surface area is 81.2 Å². The Morgan fingerprint density at radius 2 is 2.00 bits per heavy atom. The number of allylic oxidation sites excluding steroid dienone is 1. The summed E-state index contributed by atoms with van der Waals surface area (Å²) in [6, 6.07) is 0. The molecule has 1 N–H and O–H groups in total. The van der Waals surface area contributed by atoms with Crippen molar-refractivity contribution in [3.63, 3.8) is 0 Å². The van der Waals surface area contributed by atoms with Gasteiger partial charge in [-0.25, -0.2) is 0 Å². The number of hydrogen-bond acceptors (Lipinski definition) is 2. The molecule has 0 aromatic carbocycles. The third kappa shape index (κ3) is 9.21. The quantitative estimate of drug-likeness (QED) is 0.392. The molecule has 0 fully saturated rings. The summed E-state index contributed by atoms with van der Waals surface area (Å²) in [5, 5.41) is 9.05. The summed E-state index contributed by atoms with van der Waals surface area (Å²) in [6.45, 7) is 3.65. The Balaban J connectivity index is 3.37. The van der Waals surface area contributed by atoms with Crippen molar-refractivity contribution in [3.8, 4) is 0 Å². The van der Waals surface area contributed by atoms with Crippen LogP contribution in [0.5, 0.6) is 0 Å². The molecule has 0 heterocycles. The first kappa shape index (κ1) is 12.3. The maximum absolute atomic E-state index is 9.05. The molecule has 0 saturated heterocycles. The van der Waals surface area contributed by atoms with Gasteiger partial charge in [-0.05, 0) is 0 Å². The summed E-state index contributed by atoms with van der Waals surface area (Å²) >= 11 is 0. The van der Waals surface area contributed by atoms with E-state index in [-0.39, 0.29) is 0 Å². The van der Waals surface area contributed by atoms with E-state index in [2.05, 4.69) is 21.1 Å². The van der Waals surface area contributed by atoms with Crippen LogP contribution in [0, 0.1) is 0 Å². The predicted octanol–water partition coefficient (Wildman–Crippen LogP) is 1.91. The fourth-order valence-corrected chi connectivity index (χ4v) is 0.861. The minimum absolute atomic E-state index is 0.310. The molecule has 0 aliphatic carbocycles. The van der Waals surface area contributed by atoms with Crippen LogP contribution in [-0.4, -0.2) is 43.9 Å². The van der Waals surface area contributed by atoms with Crippen LogP contribution in [0.2, 0.25) is 0 Å². The van der Waals surface area contributed by atoms with Crippen LogP contribution >= 0.6 is 0 Å². The van der Waals surface area contributed by atoms with Crippen molar-refractivity contribution in [3.05, 3.63) is 12.0 Å². The molecule has 0 rings (SSSR count). The molecular formula is C10H22NO2+. The lowest BCUT2D eigenvalue weighted by Gasteiger charge is -2.23. The fraction of sp³-hybridized carbons (Fsp3) is 0.800. The van der Waals surface area contributed by atoms with Crippen LogP contribution < -0.4 is 0 Å². The van der Waals surface area contributed by atoms with Gasteiger partial charge in [-0.1, -0.05) is 6.92 Å². The van der Waals surface area contributed by atoms with Gasteiger partial charge in [0, 0.05) is 12.8 Å². The minimum Gasteiger partial charge on any atom is -0.509 e. The average molecular weight is 188 g/mol. The second kappa shape index (κ2) is 5.86. The summed E-state index contributed by atoms with van der Waals surface area (Å²) in [5.41, 5.74) is 0. The number of nitrogens with zero attached hydrogens (tertiary/aromatic N) is 1. The molecule has 0 aliphatic heterocycles. The highest BCUT2D eigenvalue weighted by Gasteiger charge is 2.04. The van der Waals surface area contributed by atoms with Crippen molar-refractivity contribution in [2.45, 2.75) is 19.8 Å². The lowest BCUT2D eigenvalue weighted by molar-refractivity contribution is -0.870. The van der Waals surface area contributed by atoms with Crippen LogP contribution in [-0.2, 0) is 4.74 Å². The molecule has 0 spiro atoms. The Bertz CT molecular complexity index is 159. The van der Waals surface area contributed by atoms with E-state index in [1.54, 1.807) is 0 Å². The minimum atomic E-state index is 0.310. The SMILES string of the molecule is CCC(O)=COCCC[N+](C)(C)C. The summed E-state index contributed by atoms with van der Waals surface area (Å²) in [4.78, 5) is 0. The largest absolute Gasteiger partial charge is 0.509 e. The second-order valence-corrected chi connectivity index (χ2v) is 4.20. The number of ether oxygens (including phenoxy) is 1. The molecule has 0 aromatic heterocycles. The third-order valence-corrected chi connectivity index (χ3v) is 1.67. The van der Waals surface area contributed by atoms with Gasteiger partial charge >= 0.3 is 0 Å².